The van der Waals surface area contributed by atoms with Gasteiger partial charge in [-0.3, -0.25) is 15.4 Å². The zero-order valence-electron chi connectivity index (χ0n) is 12.2. The third-order valence-electron chi connectivity index (χ3n) is 2.09. The van der Waals surface area contributed by atoms with Crippen LogP contribution in [0.1, 0.15) is 27.7 Å². The van der Waals surface area contributed by atoms with E-state index in [-0.39, 0.29) is 0 Å². The van der Waals surface area contributed by atoms with Crippen molar-refractivity contribution in [1.82, 2.24) is 4.98 Å². The highest BCUT2D eigenvalue weighted by Gasteiger charge is 2.12. The standard InChI is InChI=1S/C12H16N4S.C2H6/c1-8(2)10(11(13)15-3)12(14)17-9-4-6-16-7-5-9;1-2/h4-7,14H,1-3H3,(H2,13,15);1-2H3. The molecule has 0 amide bonds. The van der Waals surface area contributed by atoms with Gasteiger partial charge in [0.15, 0.2) is 0 Å². The molecule has 0 unspecified atom stereocenters. The average Bonchev–Trinajstić information content (AvgIpc) is 2.41. The molecule has 0 saturated carbocycles. The first kappa shape index (κ1) is 17.4. The molecule has 3 N–H and O–H groups in total. The van der Waals surface area contributed by atoms with E-state index in [9.17, 15) is 0 Å². The Kier molecular flexibility index (Phi) is 8.53. The van der Waals surface area contributed by atoms with Gasteiger partial charge in [-0.05, 0) is 26.0 Å². The number of hydrogen-bond donors (Lipinski definition) is 2. The third-order valence-corrected chi connectivity index (χ3v) is 3.01. The average molecular weight is 278 g/mol. The Morgan fingerprint density at radius 3 is 2.21 bits per heavy atom. The second kappa shape index (κ2) is 9.33. The molecule has 5 heteroatoms. The molecule has 19 heavy (non-hydrogen) atoms. The van der Waals surface area contributed by atoms with Crippen LogP contribution in [0.2, 0.25) is 0 Å². The van der Waals surface area contributed by atoms with Crippen molar-refractivity contribution in [3.63, 3.8) is 0 Å². The van der Waals surface area contributed by atoms with Gasteiger partial charge < -0.3 is 5.73 Å². The molecule has 0 bridgehead atoms. The number of rotatable bonds is 3. The van der Waals surface area contributed by atoms with Crippen molar-refractivity contribution >= 4 is 22.6 Å². The molecule has 0 spiro atoms. The van der Waals surface area contributed by atoms with Crippen molar-refractivity contribution in [3.8, 4) is 0 Å². The lowest BCUT2D eigenvalue weighted by molar-refractivity contribution is 1.27. The Labute approximate surface area is 119 Å². The van der Waals surface area contributed by atoms with Crippen LogP contribution in [0.25, 0.3) is 0 Å². The maximum Gasteiger partial charge on any atom is 0.128 e. The summed E-state index contributed by atoms with van der Waals surface area (Å²) in [5, 5.41) is 8.47. The van der Waals surface area contributed by atoms with Crippen LogP contribution in [0.15, 0.2) is 45.6 Å². The van der Waals surface area contributed by atoms with Crippen molar-refractivity contribution in [2.24, 2.45) is 10.7 Å². The lowest BCUT2D eigenvalue weighted by Gasteiger charge is -2.10. The number of nitrogens with zero attached hydrogens (tertiary/aromatic N) is 2. The number of aromatic nitrogens is 1. The summed E-state index contributed by atoms with van der Waals surface area (Å²) >= 11 is 1.35. The van der Waals surface area contributed by atoms with Crippen LogP contribution < -0.4 is 5.73 Å². The van der Waals surface area contributed by atoms with E-state index < -0.39 is 0 Å². The van der Waals surface area contributed by atoms with Crippen molar-refractivity contribution in [1.29, 1.82) is 5.41 Å². The number of hydrogen-bond acceptors (Lipinski definition) is 4. The number of amidine groups is 1. The van der Waals surface area contributed by atoms with E-state index >= 15 is 0 Å². The number of allylic oxidation sites excluding steroid dienone is 1. The first-order valence-corrected chi connectivity index (χ1v) is 6.94. The Balaban J connectivity index is 0.00000154. The summed E-state index contributed by atoms with van der Waals surface area (Å²) in [5.74, 6) is 0.400. The molecule has 0 aliphatic rings. The SMILES string of the molecule is CC.CN=C(N)C(C(=N)Sc1ccncc1)=C(C)C. The maximum atomic E-state index is 8.07. The molecule has 0 saturated heterocycles. The van der Waals surface area contributed by atoms with Crippen molar-refractivity contribution < 1.29 is 0 Å². The Hall–Kier alpha value is -1.62. The van der Waals surface area contributed by atoms with Crippen LogP contribution in [0.5, 0.6) is 0 Å². The Morgan fingerprint density at radius 2 is 1.79 bits per heavy atom. The normalized spacial score (nSPS) is 10.3. The minimum absolute atomic E-state index is 0.400. The predicted octanol–water partition coefficient (Wildman–Crippen LogP) is 3.50. The van der Waals surface area contributed by atoms with Gasteiger partial charge >= 0.3 is 0 Å². The minimum atomic E-state index is 0.400. The van der Waals surface area contributed by atoms with E-state index in [1.54, 1.807) is 19.4 Å². The summed E-state index contributed by atoms with van der Waals surface area (Å²) in [7, 11) is 1.63. The molecule has 0 atom stereocenters. The second-order valence-electron chi connectivity index (χ2n) is 3.60. The molecule has 1 aromatic rings. The van der Waals surface area contributed by atoms with Crippen LogP contribution in [0.4, 0.5) is 0 Å². The van der Waals surface area contributed by atoms with Crippen molar-refractivity contribution in [2.75, 3.05) is 7.05 Å². The van der Waals surface area contributed by atoms with E-state index in [2.05, 4.69) is 9.98 Å². The molecule has 1 aromatic heterocycles. The first-order chi connectivity index (χ1) is 9.06. The summed E-state index contributed by atoms with van der Waals surface area (Å²) in [6.45, 7) is 7.85. The molecule has 1 heterocycles. The highest BCUT2D eigenvalue weighted by Crippen LogP contribution is 2.23. The zero-order chi connectivity index (χ0) is 14.8. The van der Waals surface area contributed by atoms with Gasteiger partial charge in [0.25, 0.3) is 0 Å². The van der Waals surface area contributed by atoms with Gasteiger partial charge in [-0.2, -0.15) is 0 Å². The van der Waals surface area contributed by atoms with Gasteiger partial charge in [0.1, 0.15) is 10.9 Å². The fourth-order valence-corrected chi connectivity index (χ4v) is 2.19. The summed E-state index contributed by atoms with van der Waals surface area (Å²) in [5.41, 5.74) is 7.49. The molecule has 104 valence electrons. The molecular formula is C14H22N4S. The molecule has 0 radical (unpaired) electrons. The smallest absolute Gasteiger partial charge is 0.128 e. The molecule has 1 rings (SSSR count). The minimum Gasteiger partial charge on any atom is -0.383 e. The van der Waals surface area contributed by atoms with Gasteiger partial charge in [0.2, 0.25) is 0 Å². The zero-order valence-corrected chi connectivity index (χ0v) is 13.0. The summed E-state index contributed by atoms with van der Waals surface area (Å²) in [6.07, 6.45) is 3.41. The largest absolute Gasteiger partial charge is 0.383 e. The summed E-state index contributed by atoms with van der Waals surface area (Å²) in [4.78, 5) is 8.85. The number of nitrogens with two attached hydrogens (primary N) is 1. The van der Waals surface area contributed by atoms with Gasteiger partial charge in [0.05, 0.1) is 0 Å². The molecule has 4 nitrogen and oxygen atoms in total. The van der Waals surface area contributed by atoms with Crippen LogP contribution in [0.3, 0.4) is 0 Å². The Bertz CT molecular complexity index is 460. The maximum absolute atomic E-state index is 8.07. The van der Waals surface area contributed by atoms with Crippen molar-refractivity contribution in [3.05, 3.63) is 35.7 Å². The lowest BCUT2D eigenvalue weighted by atomic mass is 10.1. The number of aliphatic imine (C=N–C) groups is 1. The summed E-state index contributed by atoms with van der Waals surface area (Å²) < 4.78 is 0. The number of pyridine rings is 1. The summed E-state index contributed by atoms with van der Waals surface area (Å²) in [6, 6.07) is 3.72. The van der Waals surface area contributed by atoms with Crippen LogP contribution in [-0.4, -0.2) is 22.9 Å². The highest BCUT2D eigenvalue weighted by molar-refractivity contribution is 8.14. The lowest BCUT2D eigenvalue weighted by Crippen LogP contribution is -2.20. The third kappa shape index (κ3) is 5.70. The predicted molar refractivity (Wildman–Crippen MR) is 85.1 cm³/mol. The van der Waals surface area contributed by atoms with E-state index in [1.807, 2.05) is 39.8 Å². The van der Waals surface area contributed by atoms with E-state index in [0.29, 0.717) is 16.5 Å². The topological polar surface area (TPSA) is 75.1 Å². The first-order valence-electron chi connectivity index (χ1n) is 6.13. The van der Waals surface area contributed by atoms with Gasteiger partial charge in [0, 0.05) is 29.9 Å². The molecule has 0 fully saturated rings. The van der Waals surface area contributed by atoms with Gasteiger partial charge in [-0.15, -0.1) is 0 Å². The second-order valence-corrected chi connectivity index (χ2v) is 4.68. The van der Waals surface area contributed by atoms with Gasteiger partial charge in [-0.25, -0.2) is 0 Å². The van der Waals surface area contributed by atoms with E-state index in [4.69, 9.17) is 11.1 Å². The van der Waals surface area contributed by atoms with Gasteiger partial charge in [-0.1, -0.05) is 31.2 Å². The molecule has 0 aliphatic heterocycles. The van der Waals surface area contributed by atoms with E-state index in [0.717, 1.165) is 10.5 Å². The highest BCUT2D eigenvalue weighted by atomic mass is 32.2. The molecule has 0 aliphatic carbocycles. The van der Waals surface area contributed by atoms with Crippen molar-refractivity contribution in [2.45, 2.75) is 32.6 Å². The van der Waals surface area contributed by atoms with Crippen LogP contribution >= 0.6 is 11.8 Å². The number of nitrogens with one attached hydrogen (secondary N) is 1. The quantitative estimate of drug-likeness (QED) is 0.505. The fraction of sp³-hybridized carbons (Fsp3) is 0.357. The molecular weight excluding hydrogens is 256 g/mol. The van der Waals surface area contributed by atoms with E-state index in [1.165, 1.54) is 11.8 Å². The monoisotopic (exact) mass is 278 g/mol. The van der Waals surface area contributed by atoms with Crippen LogP contribution in [0, 0.1) is 5.41 Å². The van der Waals surface area contributed by atoms with Crippen LogP contribution in [-0.2, 0) is 0 Å². The Morgan fingerprint density at radius 1 is 1.26 bits per heavy atom. The number of thioether (sulfide) groups is 1. The fourth-order valence-electron chi connectivity index (χ4n) is 1.29. The molecule has 0 aromatic carbocycles.